The van der Waals surface area contributed by atoms with E-state index in [1.165, 1.54) is 0 Å². The molecule has 0 radical (unpaired) electrons. The predicted octanol–water partition coefficient (Wildman–Crippen LogP) is 1.90. The lowest BCUT2D eigenvalue weighted by Crippen LogP contribution is -2.23. The maximum absolute atomic E-state index is 8.88. The summed E-state index contributed by atoms with van der Waals surface area (Å²) in [4.78, 5) is 7.72. The summed E-state index contributed by atoms with van der Waals surface area (Å²) in [7, 11) is 0. The molecular weight excluding hydrogens is 266 g/mol. The molecule has 1 aliphatic rings. The number of nitrogens with two attached hydrogens (primary N) is 1. The summed E-state index contributed by atoms with van der Waals surface area (Å²) in [5, 5.41) is 16.1. The number of nitriles is 1. The molecule has 2 aromatic rings. The number of hydrogen-bond donors (Lipinski definition) is 2. The van der Waals surface area contributed by atoms with Gasteiger partial charge in [0.2, 0.25) is 17.6 Å². The number of anilines is 2. The minimum atomic E-state index is -0.392. The van der Waals surface area contributed by atoms with E-state index in [1.54, 1.807) is 16.8 Å². The van der Waals surface area contributed by atoms with Crippen LogP contribution in [0.25, 0.3) is 4.85 Å². The van der Waals surface area contributed by atoms with E-state index < -0.39 is 6.04 Å². The third-order valence-electron chi connectivity index (χ3n) is 3.31. The first-order valence-corrected chi connectivity index (χ1v) is 6.21. The van der Waals surface area contributed by atoms with Gasteiger partial charge >= 0.3 is 0 Å². The van der Waals surface area contributed by atoms with E-state index in [0.29, 0.717) is 17.2 Å². The number of aromatic nitrogens is 3. The largest absolute Gasteiger partial charge is 0.366 e. The van der Waals surface area contributed by atoms with Crippen molar-refractivity contribution < 1.29 is 0 Å². The number of allylic oxidation sites excluding steroid dienone is 2. The standard InChI is InChI=1S/C14H11N7/c1-8-11(17-2)12(10-5-3-9(7-15)4-6-10)21-14(18-8)19-13(16)20-21/h3-6,12H,1H3,(H3,16,18,19,20). The maximum Gasteiger partial charge on any atom is 0.241 e. The third kappa shape index (κ3) is 1.97. The van der Waals surface area contributed by atoms with E-state index in [9.17, 15) is 0 Å². The highest BCUT2D eigenvalue weighted by Crippen LogP contribution is 2.35. The Balaban J connectivity index is 2.17. The Labute approximate surface area is 121 Å². The minimum Gasteiger partial charge on any atom is -0.366 e. The maximum atomic E-state index is 8.88. The van der Waals surface area contributed by atoms with Crippen LogP contribution in [0.4, 0.5) is 11.9 Å². The second-order valence-corrected chi connectivity index (χ2v) is 4.62. The zero-order chi connectivity index (χ0) is 15.0. The first-order chi connectivity index (χ1) is 10.1. The zero-order valence-electron chi connectivity index (χ0n) is 11.2. The summed E-state index contributed by atoms with van der Waals surface area (Å²) >= 11 is 0. The molecule has 0 amide bonds. The quantitative estimate of drug-likeness (QED) is 0.776. The van der Waals surface area contributed by atoms with Gasteiger partial charge in [-0.15, -0.1) is 5.10 Å². The first-order valence-electron chi connectivity index (χ1n) is 6.21. The average molecular weight is 277 g/mol. The molecule has 0 fully saturated rings. The smallest absolute Gasteiger partial charge is 0.241 e. The molecule has 1 aromatic heterocycles. The van der Waals surface area contributed by atoms with Crippen LogP contribution < -0.4 is 11.1 Å². The van der Waals surface area contributed by atoms with Crippen molar-refractivity contribution in [2.24, 2.45) is 0 Å². The number of nitrogens with zero attached hydrogens (tertiary/aromatic N) is 5. The molecule has 102 valence electrons. The first kappa shape index (κ1) is 12.7. The summed E-state index contributed by atoms with van der Waals surface area (Å²) < 4.78 is 1.59. The Morgan fingerprint density at radius 2 is 2.14 bits per heavy atom. The minimum absolute atomic E-state index is 0.148. The van der Waals surface area contributed by atoms with Crippen LogP contribution in [0, 0.1) is 17.9 Å². The van der Waals surface area contributed by atoms with Gasteiger partial charge in [0.15, 0.2) is 0 Å². The Hall–Kier alpha value is -3.32. The molecule has 1 atom stereocenters. The van der Waals surface area contributed by atoms with Gasteiger partial charge in [0, 0.05) is 5.70 Å². The molecule has 1 aliphatic heterocycles. The van der Waals surface area contributed by atoms with E-state index in [2.05, 4.69) is 26.3 Å². The van der Waals surface area contributed by atoms with E-state index in [-0.39, 0.29) is 5.95 Å². The van der Waals surface area contributed by atoms with Gasteiger partial charge in [0.05, 0.1) is 18.2 Å². The van der Waals surface area contributed by atoms with Crippen molar-refractivity contribution in [1.82, 2.24) is 14.8 Å². The van der Waals surface area contributed by atoms with E-state index in [0.717, 1.165) is 11.3 Å². The van der Waals surface area contributed by atoms with Crippen molar-refractivity contribution in [1.29, 1.82) is 5.26 Å². The fourth-order valence-corrected chi connectivity index (χ4v) is 2.34. The van der Waals surface area contributed by atoms with Crippen molar-refractivity contribution in [3.63, 3.8) is 0 Å². The molecule has 3 rings (SSSR count). The van der Waals surface area contributed by atoms with Gasteiger partial charge in [-0.25, -0.2) is 9.53 Å². The highest BCUT2D eigenvalue weighted by Gasteiger charge is 2.30. The molecular formula is C14H11N7. The van der Waals surface area contributed by atoms with E-state index in [4.69, 9.17) is 17.6 Å². The normalized spacial score (nSPS) is 16.6. The zero-order valence-corrected chi connectivity index (χ0v) is 11.2. The van der Waals surface area contributed by atoms with E-state index >= 15 is 0 Å². The summed E-state index contributed by atoms with van der Waals surface area (Å²) in [6, 6.07) is 8.74. The molecule has 0 saturated heterocycles. The van der Waals surface area contributed by atoms with Crippen LogP contribution in [-0.2, 0) is 0 Å². The van der Waals surface area contributed by atoms with Crippen LogP contribution in [0.15, 0.2) is 35.7 Å². The monoisotopic (exact) mass is 277 g/mol. The molecule has 0 aliphatic carbocycles. The Bertz CT molecular complexity index is 814. The van der Waals surface area contributed by atoms with Gasteiger partial charge < -0.3 is 11.1 Å². The average Bonchev–Trinajstić information content (AvgIpc) is 2.85. The number of rotatable bonds is 1. The predicted molar refractivity (Wildman–Crippen MR) is 76.7 cm³/mol. The van der Waals surface area contributed by atoms with Gasteiger partial charge in [-0.3, -0.25) is 0 Å². The second kappa shape index (κ2) is 4.66. The Morgan fingerprint density at radius 3 is 2.76 bits per heavy atom. The molecule has 1 unspecified atom stereocenters. The fourth-order valence-electron chi connectivity index (χ4n) is 2.34. The van der Waals surface area contributed by atoms with Gasteiger partial charge in [-0.1, -0.05) is 12.1 Å². The van der Waals surface area contributed by atoms with Gasteiger partial charge in [0.25, 0.3) is 0 Å². The van der Waals surface area contributed by atoms with E-state index in [1.807, 2.05) is 19.1 Å². The van der Waals surface area contributed by atoms with Crippen LogP contribution >= 0.6 is 0 Å². The molecule has 2 heterocycles. The molecule has 7 nitrogen and oxygen atoms in total. The van der Waals surface area contributed by atoms with Crippen molar-refractivity contribution in [2.45, 2.75) is 13.0 Å². The molecule has 0 spiro atoms. The Morgan fingerprint density at radius 1 is 1.43 bits per heavy atom. The fraction of sp³-hybridized carbons (Fsp3) is 0.143. The van der Waals surface area contributed by atoms with Crippen molar-refractivity contribution >= 4 is 11.9 Å². The van der Waals surface area contributed by atoms with Crippen LogP contribution in [0.1, 0.15) is 24.1 Å². The second-order valence-electron chi connectivity index (χ2n) is 4.62. The van der Waals surface area contributed by atoms with Crippen molar-refractivity contribution in [3.8, 4) is 6.07 Å². The number of nitrogen functional groups attached to an aromatic ring is 1. The lowest BCUT2D eigenvalue weighted by atomic mass is 10.0. The molecule has 7 heteroatoms. The molecule has 0 saturated carbocycles. The molecule has 21 heavy (non-hydrogen) atoms. The molecule has 1 aromatic carbocycles. The van der Waals surface area contributed by atoms with Crippen LogP contribution in [-0.4, -0.2) is 14.8 Å². The van der Waals surface area contributed by atoms with Gasteiger partial charge in [-0.05, 0) is 24.6 Å². The van der Waals surface area contributed by atoms with Crippen LogP contribution in [0.3, 0.4) is 0 Å². The number of fused-ring (bicyclic) bond motifs is 1. The summed E-state index contributed by atoms with van der Waals surface area (Å²) in [6.07, 6.45) is 0. The lowest BCUT2D eigenvalue weighted by molar-refractivity contribution is 0.585. The van der Waals surface area contributed by atoms with Crippen LogP contribution in [0.2, 0.25) is 0 Å². The summed E-state index contributed by atoms with van der Waals surface area (Å²) in [5.74, 6) is 0.655. The number of hydrogen-bond acceptors (Lipinski definition) is 5. The van der Waals surface area contributed by atoms with Crippen molar-refractivity contribution in [2.75, 3.05) is 11.1 Å². The highest BCUT2D eigenvalue weighted by molar-refractivity contribution is 5.51. The lowest BCUT2D eigenvalue weighted by Gasteiger charge is -2.25. The summed E-state index contributed by atoms with van der Waals surface area (Å²) in [6.45, 7) is 9.23. The number of nitrogens with one attached hydrogen (secondary N) is 1. The van der Waals surface area contributed by atoms with Gasteiger partial charge in [0.1, 0.15) is 6.04 Å². The molecule has 0 bridgehead atoms. The van der Waals surface area contributed by atoms with Crippen LogP contribution in [0.5, 0.6) is 0 Å². The molecule has 3 N–H and O–H groups in total. The van der Waals surface area contributed by atoms with Gasteiger partial charge in [-0.2, -0.15) is 10.2 Å². The third-order valence-corrected chi connectivity index (χ3v) is 3.31. The van der Waals surface area contributed by atoms with Crippen molar-refractivity contribution in [3.05, 3.63) is 58.2 Å². The Kier molecular flexibility index (Phi) is 2.82. The SMILES string of the molecule is [C-]#[N+]C1=C(C)Nc2nc(N)nn2C1c1ccc(C#N)cc1. The summed E-state index contributed by atoms with van der Waals surface area (Å²) in [5.41, 5.74) is 8.32. The topological polar surface area (TPSA) is 96.9 Å². The number of benzene rings is 1. The highest BCUT2D eigenvalue weighted by atomic mass is 15.4.